The molecular weight excluding hydrogens is 322 g/mol. The quantitative estimate of drug-likeness (QED) is 0.799. The summed E-state index contributed by atoms with van der Waals surface area (Å²) in [7, 11) is 1.37. The molecule has 24 heavy (non-hydrogen) atoms. The van der Waals surface area contributed by atoms with Gasteiger partial charge in [-0.05, 0) is 24.6 Å². The predicted molar refractivity (Wildman–Crippen MR) is 95.9 cm³/mol. The molecule has 1 heterocycles. The van der Waals surface area contributed by atoms with Gasteiger partial charge in [-0.15, -0.1) is 11.8 Å². The number of carbonyl (C=O) groups is 2. The van der Waals surface area contributed by atoms with E-state index >= 15 is 0 Å². The van der Waals surface area contributed by atoms with Crippen LogP contribution in [0.1, 0.15) is 17.5 Å². The molecule has 0 radical (unpaired) electrons. The molecule has 0 aromatic heterocycles. The highest BCUT2D eigenvalue weighted by Crippen LogP contribution is 2.50. The van der Waals surface area contributed by atoms with E-state index in [2.05, 4.69) is 0 Å². The maximum Gasteiger partial charge on any atom is 0.309 e. The smallest absolute Gasteiger partial charge is 0.309 e. The highest BCUT2D eigenvalue weighted by Gasteiger charge is 2.50. The van der Waals surface area contributed by atoms with E-state index < -0.39 is 4.87 Å². The highest BCUT2D eigenvalue weighted by molar-refractivity contribution is 8.01. The van der Waals surface area contributed by atoms with Gasteiger partial charge in [0.05, 0.1) is 19.3 Å². The van der Waals surface area contributed by atoms with E-state index in [1.807, 2.05) is 61.5 Å². The molecule has 2 aromatic carbocycles. The van der Waals surface area contributed by atoms with Gasteiger partial charge in [0.1, 0.15) is 4.87 Å². The number of ether oxygens (including phenoxy) is 1. The van der Waals surface area contributed by atoms with E-state index in [0.29, 0.717) is 5.75 Å². The van der Waals surface area contributed by atoms with Crippen molar-refractivity contribution >= 4 is 29.3 Å². The molecule has 0 spiro atoms. The van der Waals surface area contributed by atoms with Gasteiger partial charge in [-0.2, -0.15) is 0 Å². The molecule has 1 saturated heterocycles. The third-order valence-corrected chi connectivity index (χ3v) is 5.61. The van der Waals surface area contributed by atoms with Crippen molar-refractivity contribution in [3.63, 3.8) is 0 Å². The molecule has 1 fully saturated rings. The summed E-state index contributed by atoms with van der Waals surface area (Å²) in [6.45, 7) is 2.01. The van der Waals surface area contributed by atoms with Crippen molar-refractivity contribution in [1.29, 1.82) is 0 Å². The van der Waals surface area contributed by atoms with Crippen molar-refractivity contribution < 1.29 is 14.3 Å². The van der Waals surface area contributed by atoms with Crippen LogP contribution in [0.3, 0.4) is 0 Å². The molecule has 5 heteroatoms. The molecule has 0 aliphatic carbocycles. The normalized spacial score (nSPS) is 20.2. The minimum absolute atomic E-state index is 0.00400. The molecule has 0 saturated carbocycles. The molecule has 1 aliphatic heterocycles. The number of anilines is 1. The maximum atomic E-state index is 12.7. The lowest BCUT2D eigenvalue weighted by Crippen LogP contribution is -2.44. The zero-order chi connectivity index (χ0) is 17.2. The SMILES string of the molecule is COC(=O)C[C@@]1(c2ccc(C)cc2)SCC(=O)N1c1ccccc1. The first-order valence-electron chi connectivity index (χ1n) is 7.73. The molecule has 3 rings (SSSR count). The molecule has 4 nitrogen and oxygen atoms in total. The van der Waals surface area contributed by atoms with Crippen LogP contribution in [-0.4, -0.2) is 24.7 Å². The van der Waals surface area contributed by atoms with E-state index in [1.165, 1.54) is 18.9 Å². The highest BCUT2D eigenvalue weighted by atomic mass is 32.2. The Bertz CT molecular complexity index is 745. The van der Waals surface area contributed by atoms with Crippen molar-refractivity contribution in [2.24, 2.45) is 0 Å². The van der Waals surface area contributed by atoms with Crippen molar-refractivity contribution in [2.45, 2.75) is 18.2 Å². The number of aryl methyl sites for hydroxylation is 1. The van der Waals surface area contributed by atoms with Gasteiger partial charge in [0.2, 0.25) is 5.91 Å². The Morgan fingerprint density at radius 1 is 1.17 bits per heavy atom. The number of thioether (sulfide) groups is 1. The molecule has 1 atom stereocenters. The number of esters is 1. The van der Waals surface area contributed by atoms with Gasteiger partial charge in [0.15, 0.2) is 0 Å². The minimum atomic E-state index is -0.779. The third-order valence-electron chi connectivity index (χ3n) is 4.17. The minimum Gasteiger partial charge on any atom is -0.469 e. The first-order chi connectivity index (χ1) is 11.6. The van der Waals surface area contributed by atoms with Crippen LogP contribution < -0.4 is 4.90 Å². The number of hydrogen-bond acceptors (Lipinski definition) is 4. The average molecular weight is 341 g/mol. The van der Waals surface area contributed by atoms with Crippen molar-refractivity contribution in [1.82, 2.24) is 0 Å². The second-order valence-corrected chi connectivity index (χ2v) is 7.01. The number of para-hydroxylation sites is 1. The fraction of sp³-hybridized carbons (Fsp3) is 0.263. The number of rotatable bonds is 4. The summed E-state index contributed by atoms with van der Waals surface area (Å²) < 4.78 is 4.91. The van der Waals surface area contributed by atoms with Crippen molar-refractivity contribution in [3.05, 3.63) is 65.7 Å². The summed E-state index contributed by atoms with van der Waals surface area (Å²) in [5, 5.41) is 0. The van der Waals surface area contributed by atoms with Crippen LogP contribution in [0.25, 0.3) is 0 Å². The Hall–Kier alpha value is -2.27. The van der Waals surface area contributed by atoms with Crippen molar-refractivity contribution in [2.75, 3.05) is 17.8 Å². The van der Waals surface area contributed by atoms with Crippen LogP contribution >= 0.6 is 11.8 Å². The second kappa shape index (κ2) is 6.69. The first-order valence-corrected chi connectivity index (χ1v) is 8.71. The van der Waals surface area contributed by atoms with Crippen LogP contribution in [0.2, 0.25) is 0 Å². The molecule has 2 aromatic rings. The van der Waals surface area contributed by atoms with Crippen molar-refractivity contribution in [3.8, 4) is 0 Å². The van der Waals surface area contributed by atoms with Gasteiger partial charge >= 0.3 is 5.97 Å². The Morgan fingerprint density at radius 3 is 2.46 bits per heavy atom. The number of benzene rings is 2. The van der Waals surface area contributed by atoms with Gasteiger partial charge in [0, 0.05) is 5.69 Å². The first kappa shape index (κ1) is 16.6. The van der Waals surface area contributed by atoms with E-state index in [-0.39, 0.29) is 18.3 Å². The Labute approximate surface area is 145 Å². The van der Waals surface area contributed by atoms with Gasteiger partial charge < -0.3 is 4.74 Å². The second-order valence-electron chi connectivity index (χ2n) is 5.76. The maximum absolute atomic E-state index is 12.7. The molecule has 0 unspecified atom stereocenters. The summed E-state index contributed by atoms with van der Waals surface area (Å²) in [6, 6.07) is 17.5. The molecule has 0 N–H and O–H groups in total. The summed E-state index contributed by atoms with van der Waals surface area (Å²) in [4.78, 5) is 25.7. The monoisotopic (exact) mass is 341 g/mol. The fourth-order valence-corrected chi connectivity index (χ4v) is 4.32. The lowest BCUT2D eigenvalue weighted by atomic mass is 9.99. The zero-order valence-electron chi connectivity index (χ0n) is 13.7. The van der Waals surface area contributed by atoms with Gasteiger partial charge in [-0.3, -0.25) is 14.5 Å². The number of carbonyl (C=O) groups excluding carboxylic acids is 2. The summed E-state index contributed by atoms with van der Waals surface area (Å²) in [5.41, 5.74) is 2.85. The lowest BCUT2D eigenvalue weighted by Gasteiger charge is -2.37. The lowest BCUT2D eigenvalue weighted by molar-refractivity contribution is -0.141. The zero-order valence-corrected chi connectivity index (χ0v) is 14.5. The Kier molecular flexibility index (Phi) is 4.62. The number of methoxy groups -OCH3 is 1. The van der Waals surface area contributed by atoms with E-state index in [0.717, 1.165) is 16.8 Å². The predicted octanol–water partition coefficient (Wildman–Crippen LogP) is 3.49. The molecule has 1 amide bonds. The Morgan fingerprint density at radius 2 is 1.83 bits per heavy atom. The van der Waals surface area contributed by atoms with Crippen LogP contribution in [0.15, 0.2) is 54.6 Å². The molecule has 124 valence electrons. The van der Waals surface area contributed by atoms with Crippen LogP contribution in [0.5, 0.6) is 0 Å². The van der Waals surface area contributed by atoms with Crippen LogP contribution in [0.4, 0.5) is 5.69 Å². The summed E-state index contributed by atoms with van der Waals surface area (Å²) in [6.07, 6.45) is 0.109. The van der Waals surface area contributed by atoms with Crippen LogP contribution in [0, 0.1) is 6.92 Å². The van der Waals surface area contributed by atoms with Gasteiger partial charge in [0.25, 0.3) is 0 Å². The van der Waals surface area contributed by atoms with E-state index in [9.17, 15) is 9.59 Å². The topological polar surface area (TPSA) is 46.6 Å². The van der Waals surface area contributed by atoms with E-state index in [1.54, 1.807) is 4.90 Å². The van der Waals surface area contributed by atoms with E-state index in [4.69, 9.17) is 4.74 Å². The van der Waals surface area contributed by atoms with Gasteiger partial charge in [-0.1, -0.05) is 48.0 Å². The van der Waals surface area contributed by atoms with Crippen LogP contribution in [-0.2, 0) is 19.2 Å². The Balaban J connectivity index is 2.14. The molecule has 0 bridgehead atoms. The van der Waals surface area contributed by atoms with Gasteiger partial charge in [-0.25, -0.2) is 0 Å². The summed E-state index contributed by atoms with van der Waals surface area (Å²) in [5.74, 6) is -0.00543. The third kappa shape index (κ3) is 2.91. The fourth-order valence-electron chi connectivity index (χ4n) is 2.97. The number of amides is 1. The number of hydrogen-bond donors (Lipinski definition) is 0. The summed E-state index contributed by atoms with van der Waals surface area (Å²) >= 11 is 1.48. The molecule has 1 aliphatic rings. The average Bonchev–Trinajstić information content (AvgIpc) is 2.93. The molecular formula is C19H19NO3S. The standard InChI is InChI=1S/C19H19NO3S/c1-14-8-10-15(11-9-14)19(12-18(22)23-2)20(17(21)13-24-19)16-6-4-3-5-7-16/h3-11H,12-13H2,1-2H3/t19-/m0/s1. The number of nitrogens with zero attached hydrogens (tertiary/aromatic N) is 1. The largest absolute Gasteiger partial charge is 0.469 e.